The van der Waals surface area contributed by atoms with Crippen molar-refractivity contribution in [3.8, 4) is 0 Å². The third-order valence-electron chi connectivity index (χ3n) is 3.48. The van der Waals surface area contributed by atoms with Gasteiger partial charge in [-0.25, -0.2) is 8.42 Å². The number of benzene rings is 1. The smallest absolute Gasteiger partial charge is 0.271 e. The fourth-order valence-electron chi connectivity index (χ4n) is 2.07. The number of carbonyl (C=O) groups excluding carboxylic acids is 1. The van der Waals surface area contributed by atoms with Crippen LogP contribution in [0.5, 0.6) is 0 Å². The summed E-state index contributed by atoms with van der Waals surface area (Å²) in [5.74, 6) is -0.147. The standard InChI is InChI=1S/C16H20N2O3S2/c1-3-13(4-2)17-16(19)12-7-9-14(10-8-12)18-23(20,21)15-6-5-11-22-15/h5-11,13,18H,3-4H2,1-2H3,(H,17,19). The van der Waals surface area contributed by atoms with E-state index in [1.807, 2.05) is 13.8 Å². The molecule has 0 atom stereocenters. The molecule has 1 aromatic carbocycles. The summed E-state index contributed by atoms with van der Waals surface area (Å²) in [6.07, 6.45) is 1.75. The van der Waals surface area contributed by atoms with E-state index >= 15 is 0 Å². The second-order valence-electron chi connectivity index (χ2n) is 5.10. The van der Waals surface area contributed by atoms with E-state index in [4.69, 9.17) is 0 Å². The van der Waals surface area contributed by atoms with Gasteiger partial charge in [-0.1, -0.05) is 19.9 Å². The number of amides is 1. The molecule has 0 saturated carbocycles. The zero-order valence-electron chi connectivity index (χ0n) is 13.1. The number of anilines is 1. The van der Waals surface area contributed by atoms with Crippen LogP contribution in [0.4, 0.5) is 5.69 Å². The molecule has 0 spiro atoms. The van der Waals surface area contributed by atoms with Crippen LogP contribution in [0.25, 0.3) is 0 Å². The average Bonchev–Trinajstić information content (AvgIpc) is 3.08. The number of rotatable bonds is 7. The van der Waals surface area contributed by atoms with Gasteiger partial charge in [0.25, 0.3) is 15.9 Å². The Bertz CT molecular complexity index is 734. The van der Waals surface area contributed by atoms with E-state index in [1.54, 1.807) is 41.8 Å². The van der Waals surface area contributed by atoms with Crippen molar-refractivity contribution in [2.75, 3.05) is 4.72 Å². The van der Waals surface area contributed by atoms with Crippen LogP contribution < -0.4 is 10.0 Å². The van der Waals surface area contributed by atoms with Crippen LogP contribution in [0.2, 0.25) is 0 Å². The zero-order chi connectivity index (χ0) is 16.9. The quantitative estimate of drug-likeness (QED) is 0.801. The first-order chi connectivity index (χ1) is 11.0. The Morgan fingerprint density at radius 1 is 1.13 bits per heavy atom. The minimum atomic E-state index is -3.56. The molecule has 0 unspecified atom stereocenters. The topological polar surface area (TPSA) is 75.3 Å². The fraction of sp³-hybridized carbons (Fsp3) is 0.312. The Balaban J connectivity index is 2.06. The molecule has 2 rings (SSSR count). The van der Waals surface area contributed by atoms with Crippen molar-refractivity contribution in [2.24, 2.45) is 0 Å². The van der Waals surface area contributed by atoms with E-state index in [0.717, 1.165) is 24.2 Å². The molecule has 0 saturated heterocycles. The van der Waals surface area contributed by atoms with Gasteiger partial charge in [0.2, 0.25) is 0 Å². The van der Waals surface area contributed by atoms with Gasteiger partial charge >= 0.3 is 0 Å². The Morgan fingerprint density at radius 3 is 2.30 bits per heavy atom. The van der Waals surface area contributed by atoms with Crippen molar-refractivity contribution >= 4 is 33.0 Å². The highest BCUT2D eigenvalue weighted by atomic mass is 32.2. The first kappa shape index (κ1) is 17.5. The molecule has 0 radical (unpaired) electrons. The molecule has 2 aromatic rings. The minimum Gasteiger partial charge on any atom is -0.349 e. The van der Waals surface area contributed by atoms with Crippen molar-refractivity contribution in [1.29, 1.82) is 0 Å². The highest BCUT2D eigenvalue weighted by Gasteiger charge is 2.15. The molecule has 0 fully saturated rings. The lowest BCUT2D eigenvalue weighted by atomic mass is 10.1. The molecule has 0 bridgehead atoms. The first-order valence-corrected chi connectivity index (χ1v) is 9.79. The maximum atomic E-state index is 12.1. The highest BCUT2D eigenvalue weighted by Crippen LogP contribution is 2.20. The van der Waals surface area contributed by atoms with Crippen LogP contribution in [-0.4, -0.2) is 20.4 Å². The number of hydrogen-bond donors (Lipinski definition) is 2. The lowest BCUT2D eigenvalue weighted by Gasteiger charge is -2.14. The lowest BCUT2D eigenvalue weighted by Crippen LogP contribution is -2.33. The third-order valence-corrected chi connectivity index (χ3v) is 6.26. The second-order valence-corrected chi connectivity index (χ2v) is 7.96. The summed E-state index contributed by atoms with van der Waals surface area (Å²) in [5.41, 5.74) is 0.938. The highest BCUT2D eigenvalue weighted by molar-refractivity contribution is 7.94. The van der Waals surface area contributed by atoms with Crippen molar-refractivity contribution in [3.63, 3.8) is 0 Å². The van der Waals surface area contributed by atoms with E-state index in [-0.39, 0.29) is 16.2 Å². The molecule has 7 heteroatoms. The summed E-state index contributed by atoms with van der Waals surface area (Å²) in [5, 5.41) is 4.66. The van der Waals surface area contributed by atoms with Crippen LogP contribution in [0.3, 0.4) is 0 Å². The van der Waals surface area contributed by atoms with Crippen molar-refractivity contribution in [3.05, 3.63) is 47.3 Å². The Morgan fingerprint density at radius 2 is 1.78 bits per heavy atom. The van der Waals surface area contributed by atoms with Gasteiger partial charge in [-0.15, -0.1) is 11.3 Å². The third kappa shape index (κ3) is 4.56. The van der Waals surface area contributed by atoms with Gasteiger partial charge in [0.15, 0.2) is 0 Å². The van der Waals surface area contributed by atoms with Gasteiger partial charge in [-0.05, 0) is 48.6 Å². The van der Waals surface area contributed by atoms with E-state index in [2.05, 4.69) is 10.0 Å². The summed E-state index contributed by atoms with van der Waals surface area (Å²) in [7, 11) is -3.56. The molecule has 0 aliphatic heterocycles. The van der Waals surface area contributed by atoms with E-state index in [9.17, 15) is 13.2 Å². The second kappa shape index (κ2) is 7.61. The predicted molar refractivity (Wildman–Crippen MR) is 93.4 cm³/mol. The maximum absolute atomic E-state index is 12.1. The SMILES string of the molecule is CCC(CC)NC(=O)c1ccc(NS(=O)(=O)c2cccs2)cc1. The molecular formula is C16H20N2O3S2. The van der Waals surface area contributed by atoms with Gasteiger partial charge in [0.1, 0.15) is 4.21 Å². The summed E-state index contributed by atoms with van der Waals surface area (Å²) in [6.45, 7) is 4.05. The monoisotopic (exact) mass is 352 g/mol. The van der Waals surface area contributed by atoms with Crippen LogP contribution in [-0.2, 0) is 10.0 Å². The number of thiophene rings is 1. The molecule has 1 amide bonds. The normalized spacial score (nSPS) is 11.4. The summed E-state index contributed by atoms with van der Waals surface area (Å²) < 4.78 is 27.0. The summed E-state index contributed by atoms with van der Waals surface area (Å²) in [6, 6.07) is 9.79. The molecule has 23 heavy (non-hydrogen) atoms. The van der Waals surface area contributed by atoms with Gasteiger partial charge in [-0.2, -0.15) is 0 Å². The molecule has 2 N–H and O–H groups in total. The number of nitrogens with one attached hydrogen (secondary N) is 2. The van der Waals surface area contributed by atoms with Crippen LogP contribution >= 0.6 is 11.3 Å². The molecule has 1 aromatic heterocycles. The summed E-state index contributed by atoms with van der Waals surface area (Å²) >= 11 is 1.15. The number of hydrogen-bond acceptors (Lipinski definition) is 4. The van der Waals surface area contributed by atoms with Crippen molar-refractivity contribution < 1.29 is 13.2 Å². The number of sulfonamides is 1. The van der Waals surface area contributed by atoms with E-state index < -0.39 is 10.0 Å². The molecule has 1 heterocycles. The van der Waals surface area contributed by atoms with Gasteiger partial charge in [0, 0.05) is 17.3 Å². The van der Waals surface area contributed by atoms with Crippen LogP contribution in [0.15, 0.2) is 46.0 Å². The number of carbonyl (C=O) groups is 1. The average molecular weight is 352 g/mol. The van der Waals surface area contributed by atoms with Crippen LogP contribution in [0, 0.1) is 0 Å². The van der Waals surface area contributed by atoms with Crippen molar-refractivity contribution in [2.45, 2.75) is 36.9 Å². The fourth-order valence-corrected chi connectivity index (χ4v) is 4.12. The Hall–Kier alpha value is -1.86. The predicted octanol–water partition coefficient (Wildman–Crippen LogP) is 3.47. The van der Waals surface area contributed by atoms with Gasteiger partial charge in [0.05, 0.1) is 0 Å². The first-order valence-electron chi connectivity index (χ1n) is 7.43. The minimum absolute atomic E-state index is 0.147. The molecule has 0 aliphatic rings. The summed E-state index contributed by atoms with van der Waals surface area (Å²) in [4.78, 5) is 12.1. The molecule has 5 nitrogen and oxygen atoms in total. The maximum Gasteiger partial charge on any atom is 0.271 e. The largest absolute Gasteiger partial charge is 0.349 e. The molecule has 0 aliphatic carbocycles. The van der Waals surface area contributed by atoms with Gasteiger partial charge in [-0.3, -0.25) is 9.52 Å². The van der Waals surface area contributed by atoms with E-state index in [0.29, 0.717) is 11.3 Å². The van der Waals surface area contributed by atoms with Crippen LogP contribution in [0.1, 0.15) is 37.0 Å². The lowest BCUT2D eigenvalue weighted by molar-refractivity contribution is 0.0935. The molecular weight excluding hydrogens is 332 g/mol. The van der Waals surface area contributed by atoms with Gasteiger partial charge < -0.3 is 5.32 Å². The molecule has 124 valence electrons. The Kier molecular flexibility index (Phi) is 5.79. The zero-order valence-corrected chi connectivity index (χ0v) is 14.7. The Labute approximate surface area is 140 Å². The van der Waals surface area contributed by atoms with Crippen molar-refractivity contribution in [1.82, 2.24) is 5.32 Å². The van der Waals surface area contributed by atoms with E-state index in [1.165, 1.54) is 0 Å².